The van der Waals surface area contributed by atoms with Gasteiger partial charge in [-0.2, -0.15) is 0 Å². The highest BCUT2D eigenvalue weighted by atomic mass is 35.5. The van der Waals surface area contributed by atoms with E-state index in [-0.39, 0.29) is 6.42 Å². The van der Waals surface area contributed by atoms with Crippen LogP contribution in [0.5, 0.6) is 0 Å². The van der Waals surface area contributed by atoms with Gasteiger partial charge in [-0.15, -0.1) is 0 Å². The van der Waals surface area contributed by atoms with Crippen LogP contribution in [0.25, 0.3) is 0 Å². The number of hydrogen-bond acceptors (Lipinski definition) is 4. The molecule has 0 aliphatic rings. The predicted molar refractivity (Wildman–Crippen MR) is 130 cm³/mol. The first-order valence-electron chi connectivity index (χ1n) is 10.1. The van der Waals surface area contributed by atoms with Gasteiger partial charge in [-0.1, -0.05) is 65.5 Å². The Labute approximate surface area is 209 Å². The Morgan fingerprint density at radius 1 is 0.844 bits per heavy atom. The van der Waals surface area contributed by atoms with Crippen LogP contribution >= 0.6 is 46.4 Å². The van der Waals surface area contributed by atoms with Gasteiger partial charge in [0, 0.05) is 5.92 Å². The summed E-state index contributed by atoms with van der Waals surface area (Å²) in [6.07, 6.45) is -0.675. The lowest BCUT2D eigenvalue weighted by atomic mass is 9.87. The molecule has 0 spiro atoms. The Morgan fingerprint density at radius 3 is 1.72 bits per heavy atom. The first kappa shape index (κ1) is 26.8. The number of esters is 2. The van der Waals surface area contributed by atoms with Gasteiger partial charge in [-0.05, 0) is 63.1 Å². The minimum atomic E-state index is -0.671. The fraction of sp³-hybridized carbons (Fsp3) is 0.417. The molecule has 0 N–H and O–H groups in total. The fourth-order valence-corrected chi connectivity index (χ4v) is 3.84. The second kappa shape index (κ2) is 11.1. The summed E-state index contributed by atoms with van der Waals surface area (Å²) in [5.41, 5.74) is 0.955. The largest absolute Gasteiger partial charge is 0.461 e. The SMILES string of the molecule is C[C@H](CC(=O)OC(C)(C)C)C(=O)O[C@@H](C)C(c1ccc(Cl)c(Cl)c1)c1ccc(Cl)c(Cl)c1. The van der Waals surface area contributed by atoms with Crippen LogP contribution < -0.4 is 0 Å². The van der Waals surface area contributed by atoms with Gasteiger partial charge in [0.15, 0.2) is 0 Å². The Bertz CT molecular complexity index is 933. The lowest BCUT2D eigenvalue weighted by Gasteiger charge is -2.27. The summed E-state index contributed by atoms with van der Waals surface area (Å²) < 4.78 is 11.1. The third-order valence-corrected chi connectivity index (χ3v) is 6.15. The molecule has 0 fully saturated rings. The standard InChI is InChI=1S/C24H26Cl4O4/c1-13(10-21(29)32-24(3,4)5)23(30)31-14(2)22(15-6-8-17(25)19(27)11-15)16-7-9-18(26)20(28)12-16/h6-9,11-14,22H,10H2,1-5H3/t13-,14+/m1/s1. The molecule has 0 heterocycles. The molecule has 2 rings (SSSR count). The van der Waals surface area contributed by atoms with Crippen molar-refractivity contribution in [2.45, 2.75) is 58.7 Å². The van der Waals surface area contributed by atoms with E-state index in [1.807, 2.05) is 12.1 Å². The minimum Gasteiger partial charge on any atom is -0.461 e. The summed E-state index contributed by atoms with van der Waals surface area (Å²) in [5.74, 6) is -2.03. The molecule has 174 valence electrons. The van der Waals surface area contributed by atoms with Crippen molar-refractivity contribution in [3.63, 3.8) is 0 Å². The second-order valence-corrected chi connectivity index (χ2v) is 10.3. The van der Waals surface area contributed by atoms with Crippen LogP contribution in [0.3, 0.4) is 0 Å². The minimum absolute atomic E-state index is 0.0764. The molecular formula is C24H26Cl4O4. The quantitative estimate of drug-likeness (QED) is 0.351. The maximum atomic E-state index is 12.7. The van der Waals surface area contributed by atoms with Gasteiger partial charge in [-0.3, -0.25) is 9.59 Å². The molecule has 0 radical (unpaired) electrons. The number of hydrogen-bond donors (Lipinski definition) is 0. The third kappa shape index (κ3) is 7.55. The molecular weight excluding hydrogens is 494 g/mol. The van der Waals surface area contributed by atoms with Gasteiger partial charge in [0.05, 0.1) is 32.4 Å². The lowest BCUT2D eigenvalue weighted by molar-refractivity contribution is -0.163. The van der Waals surface area contributed by atoms with Crippen molar-refractivity contribution >= 4 is 58.3 Å². The molecule has 2 aromatic rings. The molecule has 0 aliphatic carbocycles. The second-order valence-electron chi connectivity index (χ2n) is 8.66. The average Bonchev–Trinajstić information content (AvgIpc) is 2.66. The molecule has 8 heteroatoms. The number of benzene rings is 2. The van der Waals surface area contributed by atoms with Gasteiger partial charge in [-0.25, -0.2) is 0 Å². The van der Waals surface area contributed by atoms with E-state index in [4.69, 9.17) is 55.9 Å². The van der Waals surface area contributed by atoms with E-state index in [1.165, 1.54) is 0 Å². The highest BCUT2D eigenvalue weighted by Gasteiger charge is 2.29. The summed E-state index contributed by atoms with van der Waals surface area (Å²) >= 11 is 24.6. The van der Waals surface area contributed by atoms with Crippen LogP contribution in [0.1, 0.15) is 58.1 Å². The highest BCUT2D eigenvalue weighted by molar-refractivity contribution is 6.42. The smallest absolute Gasteiger partial charge is 0.309 e. The maximum absolute atomic E-state index is 12.7. The fourth-order valence-electron chi connectivity index (χ4n) is 3.23. The van der Waals surface area contributed by atoms with E-state index in [1.54, 1.807) is 58.9 Å². The van der Waals surface area contributed by atoms with Crippen LogP contribution in [0.4, 0.5) is 0 Å². The first-order chi connectivity index (χ1) is 14.8. The summed E-state index contributed by atoms with van der Waals surface area (Å²) in [6, 6.07) is 10.5. The van der Waals surface area contributed by atoms with Crippen molar-refractivity contribution in [3.05, 3.63) is 67.6 Å². The Balaban J connectivity index is 2.27. The summed E-state index contributed by atoms with van der Waals surface area (Å²) in [7, 11) is 0. The number of carbonyl (C=O) groups excluding carboxylic acids is 2. The molecule has 4 nitrogen and oxygen atoms in total. The zero-order chi connectivity index (χ0) is 24.2. The van der Waals surface area contributed by atoms with E-state index in [9.17, 15) is 9.59 Å². The molecule has 0 aromatic heterocycles. The van der Waals surface area contributed by atoms with Crippen molar-refractivity contribution in [3.8, 4) is 0 Å². The number of carbonyl (C=O) groups is 2. The maximum Gasteiger partial charge on any atom is 0.309 e. The molecule has 0 aliphatic heterocycles. The average molecular weight is 520 g/mol. The normalized spacial score (nSPS) is 13.6. The van der Waals surface area contributed by atoms with Crippen molar-refractivity contribution in [1.29, 1.82) is 0 Å². The van der Waals surface area contributed by atoms with Crippen molar-refractivity contribution in [1.82, 2.24) is 0 Å². The van der Waals surface area contributed by atoms with Crippen LogP contribution in [-0.2, 0) is 19.1 Å². The van der Waals surface area contributed by atoms with Gasteiger partial charge >= 0.3 is 11.9 Å². The predicted octanol–water partition coefficient (Wildman–Crippen LogP) is 7.73. The van der Waals surface area contributed by atoms with Crippen molar-refractivity contribution in [2.75, 3.05) is 0 Å². The molecule has 0 saturated carbocycles. The van der Waals surface area contributed by atoms with E-state index >= 15 is 0 Å². The Morgan fingerprint density at radius 2 is 1.31 bits per heavy atom. The summed E-state index contributed by atoms with van der Waals surface area (Å²) in [4.78, 5) is 24.8. The van der Waals surface area contributed by atoms with E-state index in [0.717, 1.165) is 11.1 Å². The van der Waals surface area contributed by atoms with Crippen LogP contribution in [-0.4, -0.2) is 23.6 Å². The van der Waals surface area contributed by atoms with Crippen LogP contribution in [0.15, 0.2) is 36.4 Å². The van der Waals surface area contributed by atoms with E-state index in [0.29, 0.717) is 20.1 Å². The first-order valence-corrected chi connectivity index (χ1v) is 11.6. The molecule has 0 unspecified atom stereocenters. The number of rotatable bonds is 7. The third-order valence-electron chi connectivity index (χ3n) is 4.67. The van der Waals surface area contributed by atoms with Crippen molar-refractivity contribution in [2.24, 2.45) is 5.92 Å². The van der Waals surface area contributed by atoms with Crippen molar-refractivity contribution < 1.29 is 19.1 Å². The van der Waals surface area contributed by atoms with E-state index in [2.05, 4.69) is 0 Å². The monoisotopic (exact) mass is 518 g/mol. The number of halogens is 4. The van der Waals surface area contributed by atoms with Gasteiger partial charge in [0.25, 0.3) is 0 Å². The Kier molecular flexibility index (Phi) is 9.30. The lowest BCUT2D eigenvalue weighted by Crippen LogP contribution is -2.30. The topological polar surface area (TPSA) is 52.6 Å². The molecule has 2 aromatic carbocycles. The van der Waals surface area contributed by atoms with E-state index < -0.39 is 35.5 Å². The highest BCUT2D eigenvalue weighted by Crippen LogP contribution is 2.36. The zero-order valence-electron chi connectivity index (χ0n) is 18.5. The molecule has 32 heavy (non-hydrogen) atoms. The van der Waals surface area contributed by atoms with Crippen LogP contribution in [0, 0.1) is 5.92 Å². The van der Waals surface area contributed by atoms with Gasteiger partial charge in [0.1, 0.15) is 11.7 Å². The molecule has 0 saturated heterocycles. The molecule has 2 atom stereocenters. The summed E-state index contributed by atoms with van der Waals surface area (Å²) in [6.45, 7) is 8.72. The zero-order valence-corrected chi connectivity index (χ0v) is 21.6. The summed E-state index contributed by atoms with van der Waals surface area (Å²) in [5, 5.41) is 1.59. The van der Waals surface area contributed by atoms with Crippen LogP contribution in [0.2, 0.25) is 20.1 Å². The Hall–Kier alpha value is -1.46. The molecule has 0 bridgehead atoms. The van der Waals surface area contributed by atoms with Gasteiger partial charge < -0.3 is 9.47 Å². The number of ether oxygens (including phenoxy) is 2. The van der Waals surface area contributed by atoms with Gasteiger partial charge in [0.2, 0.25) is 0 Å². The molecule has 0 amide bonds.